The Morgan fingerprint density at radius 2 is 2.13 bits per heavy atom. The van der Waals surface area contributed by atoms with Crippen molar-refractivity contribution in [3.8, 4) is 11.4 Å². The second-order valence-electron chi connectivity index (χ2n) is 3.30. The van der Waals surface area contributed by atoms with Crippen LogP contribution in [0.4, 0.5) is 5.69 Å². The first-order valence-corrected chi connectivity index (χ1v) is 4.59. The highest BCUT2D eigenvalue weighted by molar-refractivity contribution is 5.62. The van der Waals surface area contributed by atoms with E-state index in [2.05, 4.69) is 21.9 Å². The molecule has 0 saturated heterocycles. The fourth-order valence-corrected chi connectivity index (χ4v) is 1.39. The maximum atomic E-state index is 4.92. The number of rotatable bonds is 2. The molecule has 0 amide bonds. The lowest BCUT2D eigenvalue weighted by molar-refractivity contribution is 0.394. The summed E-state index contributed by atoms with van der Waals surface area (Å²) in [5.41, 5.74) is 2.85. The van der Waals surface area contributed by atoms with Crippen molar-refractivity contribution < 1.29 is 4.52 Å². The van der Waals surface area contributed by atoms with Crippen molar-refractivity contribution in [3.63, 3.8) is 0 Å². The molecular weight excluding hydrogens is 190 g/mol. The molecule has 1 heterocycles. The lowest BCUT2D eigenvalue weighted by Crippen LogP contribution is -1.82. The Morgan fingerprint density at radius 1 is 1.33 bits per heavy atom. The zero-order chi connectivity index (χ0) is 10.8. The largest absolute Gasteiger partial charge is 0.339 e. The summed E-state index contributed by atoms with van der Waals surface area (Å²) in [6.07, 6.45) is 0. The van der Waals surface area contributed by atoms with E-state index in [1.807, 2.05) is 25.1 Å². The first kappa shape index (κ1) is 9.58. The summed E-state index contributed by atoms with van der Waals surface area (Å²) in [4.78, 5) is 8.05. The van der Waals surface area contributed by atoms with E-state index in [-0.39, 0.29) is 0 Å². The van der Waals surface area contributed by atoms with Crippen molar-refractivity contribution in [3.05, 3.63) is 29.7 Å². The Kier molecular flexibility index (Phi) is 2.33. The summed E-state index contributed by atoms with van der Waals surface area (Å²) < 4.78 is 4.92. The Morgan fingerprint density at radius 3 is 2.67 bits per heavy atom. The molecule has 0 fully saturated rings. The van der Waals surface area contributed by atoms with Crippen LogP contribution in [0.3, 0.4) is 0 Å². The van der Waals surface area contributed by atoms with Crippen LogP contribution in [0.1, 0.15) is 11.5 Å². The van der Waals surface area contributed by atoms with Gasteiger partial charge in [-0.25, -0.2) is 0 Å². The standard InChI is InChI=1S/C11H11N3O/c1-7-6-9(4-5-10(7)12-3)11-13-8(2)15-14-11/h4-6H,3H2,1-2H3. The summed E-state index contributed by atoms with van der Waals surface area (Å²) in [6, 6.07) is 5.76. The molecule has 0 saturated carbocycles. The van der Waals surface area contributed by atoms with Gasteiger partial charge in [0.25, 0.3) is 0 Å². The molecule has 0 unspecified atom stereocenters. The molecule has 2 aromatic rings. The second kappa shape index (κ2) is 3.65. The molecule has 4 heteroatoms. The van der Waals surface area contributed by atoms with Crippen LogP contribution in [0.15, 0.2) is 27.7 Å². The zero-order valence-corrected chi connectivity index (χ0v) is 8.69. The minimum absolute atomic E-state index is 0.563. The maximum Gasteiger partial charge on any atom is 0.223 e. The quantitative estimate of drug-likeness (QED) is 0.702. The summed E-state index contributed by atoms with van der Waals surface area (Å²) in [7, 11) is 0. The van der Waals surface area contributed by atoms with Gasteiger partial charge in [-0.05, 0) is 37.4 Å². The SMILES string of the molecule is C=Nc1ccc(-c2noc(C)n2)cc1C. The molecule has 1 aromatic carbocycles. The van der Waals surface area contributed by atoms with Gasteiger partial charge in [0.15, 0.2) is 0 Å². The molecule has 0 aliphatic carbocycles. The normalized spacial score (nSPS) is 10.3. The van der Waals surface area contributed by atoms with Gasteiger partial charge in [-0.15, -0.1) is 0 Å². The van der Waals surface area contributed by atoms with Crippen molar-refractivity contribution in [1.82, 2.24) is 10.1 Å². The van der Waals surface area contributed by atoms with Crippen LogP contribution in [0.25, 0.3) is 11.4 Å². The Hall–Kier alpha value is -1.97. The third-order valence-electron chi connectivity index (χ3n) is 2.15. The van der Waals surface area contributed by atoms with Crippen LogP contribution in [-0.4, -0.2) is 16.9 Å². The molecule has 1 aromatic heterocycles. The van der Waals surface area contributed by atoms with Crippen LogP contribution < -0.4 is 0 Å². The van der Waals surface area contributed by atoms with Crippen LogP contribution in [-0.2, 0) is 0 Å². The van der Waals surface area contributed by atoms with Crippen molar-refractivity contribution >= 4 is 12.4 Å². The third kappa shape index (κ3) is 1.79. The van der Waals surface area contributed by atoms with E-state index >= 15 is 0 Å². The molecule has 76 valence electrons. The van der Waals surface area contributed by atoms with Gasteiger partial charge in [0.1, 0.15) is 0 Å². The number of hydrogen-bond donors (Lipinski definition) is 0. The number of aliphatic imine (C=N–C) groups is 1. The highest BCUT2D eigenvalue weighted by Crippen LogP contribution is 2.24. The number of nitrogens with zero attached hydrogens (tertiary/aromatic N) is 3. The summed E-state index contributed by atoms with van der Waals surface area (Å²) in [5, 5.41) is 3.85. The average molecular weight is 201 g/mol. The third-order valence-corrected chi connectivity index (χ3v) is 2.15. The minimum Gasteiger partial charge on any atom is -0.339 e. The number of hydrogen-bond acceptors (Lipinski definition) is 4. The summed E-state index contributed by atoms with van der Waals surface area (Å²) >= 11 is 0. The van der Waals surface area contributed by atoms with Gasteiger partial charge in [-0.3, -0.25) is 4.99 Å². The van der Waals surface area contributed by atoms with E-state index in [1.165, 1.54) is 0 Å². The maximum absolute atomic E-state index is 4.92. The van der Waals surface area contributed by atoms with Crippen molar-refractivity contribution in [2.75, 3.05) is 0 Å². The Balaban J connectivity index is 2.46. The van der Waals surface area contributed by atoms with Crippen molar-refractivity contribution in [2.45, 2.75) is 13.8 Å². The molecule has 0 bridgehead atoms. The molecule has 15 heavy (non-hydrogen) atoms. The number of benzene rings is 1. The van der Waals surface area contributed by atoms with E-state index < -0.39 is 0 Å². The smallest absolute Gasteiger partial charge is 0.223 e. The van der Waals surface area contributed by atoms with Crippen molar-refractivity contribution in [1.29, 1.82) is 0 Å². The fourth-order valence-electron chi connectivity index (χ4n) is 1.39. The Labute approximate surface area is 87.7 Å². The van der Waals surface area contributed by atoms with Crippen molar-refractivity contribution in [2.24, 2.45) is 4.99 Å². The Bertz CT molecular complexity index is 502. The number of aromatic nitrogens is 2. The summed E-state index contributed by atoms with van der Waals surface area (Å²) in [6.45, 7) is 7.24. The van der Waals surface area contributed by atoms with Gasteiger partial charge in [0.05, 0.1) is 5.69 Å². The van der Waals surface area contributed by atoms with Gasteiger partial charge in [0.2, 0.25) is 11.7 Å². The lowest BCUT2D eigenvalue weighted by Gasteiger charge is -2.00. The fraction of sp³-hybridized carbons (Fsp3) is 0.182. The monoisotopic (exact) mass is 201 g/mol. The minimum atomic E-state index is 0.563. The highest BCUT2D eigenvalue weighted by Gasteiger charge is 2.06. The first-order valence-electron chi connectivity index (χ1n) is 4.59. The predicted molar refractivity (Wildman–Crippen MR) is 58.4 cm³/mol. The molecule has 0 aliphatic rings. The highest BCUT2D eigenvalue weighted by atomic mass is 16.5. The van der Waals surface area contributed by atoms with Gasteiger partial charge < -0.3 is 4.52 Å². The van der Waals surface area contributed by atoms with Gasteiger partial charge in [0, 0.05) is 12.5 Å². The second-order valence-corrected chi connectivity index (χ2v) is 3.30. The molecule has 0 spiro atoms. The van der Waals surface area contributed by atoms with Crippen LogP contribution in [0, 0.1) is 13.8 Å². The van der Waals surface area contributed by atoms with Crippen LogP contribution in [0.5, 0.6) is 0 Å². The molecule has 0 N–H and O–H groups in total. The van der Waals surface area contributed by atoms with E-state index in [0.717, 1.165) is 16.8 Å². The van der Waals surface area contributed by atoms with E-state index in [4.69, 9.17) is 4.52 Å². The molecular formula is C11H11N3O. The van der Waals surface area contributed by atoms with Crippen LogP contribution in [0.2, 0.25) is 0 Å². The topological polar surface area (TPSA) is 51.3 Å². The van der Waals surface area contributed by atoms with E-state index in [1.54, 1.807) is 6.92 Å². The summed E-state index contributed by atoms with van der Waals surface area (Å²) in [5.74, 6) is 1.17. The lowest BCUT2D eigenvalue weighted by atomic mass is 10.1. The number of aryl methyl sites for hydroxylation is 2. The van der Waals surface area contributed by atoms with Gasteiger partial charge >= 0.3 is 0 Å². The van der Waals surface area contributed by atoms with Gasteiger partial charge in [-0.2, -0.15) is 4.98 Å². The molecule has 0 radical (unpaired) electrons. The zero-order valence-electron chi connectivity index (χ0n) is 8.69. The average Bonchev–Trinajstić information content (AvgIpc) is 2.65. The van der Waals surface area contributed by atoms with Gasteiger partial charge in [-0.1, -0.05) is 5.16 Å². The molecule has 0 aliphatic heterocycles. The van der Waals surface area contributed by atoms with Crippen LogP contribution >= 0.6 is 0 Å². The molecule has 2 rings (SSSR count). The predicted octanol–water partition coefficient (Wildman–Crippen LogP) is 2.69. The first-order chi connectivity index (χ1) is 7.20. The van der Waals surface area contributed by atoms with E-state index in [9.17, 15) is 0 Å². The molecule has 4 nitrogen and oxygen atoms in total. The van der Waals surface area contributed by atoms with E-state index in [0.29, 0.717) is 11.7 Å². The molecule has 0 atom stereocenters.